The summed E-state index contributed by atoms with van der Waals surface area (Å²) < 4.78 is 18.5. The summed E-state index contributed by atoms with van der Waals surface area (Å²) in [7, 11) is -1.15. The molecule has 0 saturated heterocycles. The second kappa shape index (κ2) is 9.53. The van der Waals surface area contributed by atoms with Gasteiger partial charge < -0.3 is 18.7 Å². The average Bonchev–Trinajstić information content (AvgIpc) is 3.40. The quantitative estimate of drug-likeness (QED) is 0.311. The Hall–Kier alpha value is -0.623. The molecule has 0 spiro atoms. The summed E-state index contributed by atoms with van der Waals surface area (Å²) >= 11 is 0. The minimum Gasteiger partial charge on any atom is -0.472 e. The van der Waals surface area contributed by atoms with Crippen LogP contribution in [-0.2, 0) is 14.8 Å². The predicted molar refractivity (Wildman–Crippen MR) is 147 cm³/mol. The lowest BCUT2D eigenvalue weighted by atomic mass is 9.44. The van der Waals surface area contributed by atoms with Crippen molar-refractivity contribution in [1.82, 2.24) is 0 Å². The number of hydrogen-bond acceptors (Lipinski definition) is 4. The Labute approximate surface area is 221 Å². The first-order chi connectivity index (χ1) is 16.9. The summed E-state index contributed by atoms with van der Waals surface area (Å²) in [6, 6.07) is 2.00. The smallest absolute Gasteiger partial charge is 0.174 e. The molecule has 4 aliphatic carbocycles. The summed E-state index contributed by atoms with van der Waals surface area (Å²) in [5.74, 6) is 2.89. The lowest BCUT2D eigenvalue weighted by molar-refractivity contribution is -0.189. The lowest BCUT2D eigenvalue weighted by Gasteiger charge is -2.61. The van der Waals surface area contributed by atoms with E-state index in [9.17, 15) is 5.11 Å². The zero-order valence-corrected chi connectivity index (χ0v) is 25.2. The van der Waals surface area contributed by atoms with Crippen molar-refractivity contribution in [2.24, 2.45) is 39.9 Å². The highest BCUT2D eigenvalue weighted by molar-refractivity contribution is 6.48. The maximum Gasteiger partial charge on any atom is 0.174 e. The highest BCUT2D eigenvalue weighted by Gasteiger charge is 2.65. The van der Waals surface area contributed by atoms with Crippen molar-refractivity contribution >= 4 is 9.04 Å². The Morgan fingerprint density at radius 2 is 1.81 bits per heavy atom. The lowest BCUT2D eigenvalue weighted by Crippen LogP contribution is -2.56. The number of aliphatic hydroxyl groups is 1. The first-order valence-electron chi connectivity index (χ1n) is 14.9. The molecule has 204 valence electrons. The fraction of sp³-hybridized carbons (Fsp3) is 0.871. The van der Waals surface area contributed by atoms with Gasteiger partial charge in [-0.15, -0.1) is 0 Å². The zero-order valence-electron chi connectivity index (χ0n) is 24.0. The van der Waals surface area contributed by atoms with E-state index in [-0.39, 0.29) is 17.1 Å². The van der Waals surface area contributed by atoms with Crippen molar-refractivity contribution in [2.75, 3.05) is 0 Å². The Morgan fingerprint density at radius 1 is 1.06 bits per heavy atom. The number of rotatable bonds is 6. The molecule has 5 rings (SSSR count). The van der Waals surface area contributed by atoms with Gasteiger partial charge in [0.1, 0.15) is 6.29 Å². The van der Waals surface area contributed by atoms with Crippen molar-refractivity contribution in [1.29, 1.82) is 0 Å². The third-order valence-corrected chi connectivity index (χ3v) is 12.2. The van der Waals surface area contributed by atoms with E-state index in [1.54, 1.807) is 12.5 Å². The first-order valence-corrected chi connectivity index (χ1v) is 17.7. The monoisotopic (exact) mass is 516 g/mol. The van der Waals surface area contributed by atoms with Gasteiger partial charge in [0.2, 0.25) is 0 Å². The summed E-state index contributed by atoms with van der Waals surface area (Å²) in [6.45, 7) is 16.4. The number of furan rings is 1. The molecule has 1 N–H and O–H groups in total. The molecule has 4 fully saturated rings. The van der Waals surface area contributed by atoms with E-state index in [0.29, 0.717) is 17.4 Å². The molecule has 9 atom stereocenters. The molecule has 4 saturated carbocycles. The van der Waals surface area contributed by atoms with E-state index in [0.717, 1.165) is 49.0 Å². The summed E-state index contributed by atoms with van der Waals surface area (Å²) in [4.78, 5) is 0. The summed E-state index contributed by atoms with van der Waals surface area (Å²) in [5.41, 5.74) is 0.845. The maximum absolute atomic E-state index is 12.0. The van der Waals surface area contributed by atoms with Crippen molar-refractivity contribution in [3.05, 3.63) is 24.2 Å². The first kappa shape index (κ1) is 27.0. The molecule has 0 radical (unpaired) electrons. The van der Waals surface area contributed by atoms with Gasteiger partial charge in [-0.2, -0.15) is 0 Å². The van der Waals surface area contributed by atoms with Crippen LogP contribution in [-0.4, -0.2) is 26.5 Å². The molecule has 0 aromatic carbocycles. The van der Waals surface area contributed by atoms with Crippen LogP contribution < -0.4 is 0 Å². The van der Waals surface area contributed by atoms with Crippen LogP contribution in [0.3, 0.4) is 0 Å². The van der Waals surface area contributed by atoms with Gasteiger partial charge in [0.15, 0.2) is 9.04 Å². The second-order valence-corrected chi connectivity index (χ2v) is 17.3. The van der Waals surface area contributed by atoms with Crippen LogP contribution in [0.2, 0.25) is 13.1 Å². The third-order valence-electron chi connectivity index (χ3n) is 11.3. The Morgan fingerprint density at radius 3 is 2.47 bits per heavy atom. The minimum absolute atomic E-state index is 0.0419. The van der Waals surface area contributed by atoms with Crippen LogP contribution >= 0.6 is 0 Å². The second-order valence-electron chi connectivity index (χ2n) is 14.9. The van der Waals surface area contributed by atoms with Crippen molar-refractivity contribution < 1.29 is 18.7 Å². The van der Waals surface area contributed by atoms with E-state index in [2.05, 4.69) is 47.7 Å². The molecule has 4 nitrogen and oxygen atoms in total. The van der Waals surface area contributed by atoms with Gasteiger partial charge in [-0.1, -0.05) is 34.6 Å². The van der Waals surface area contributed by atoms with E-state index in [4.69, 9.17) is 13.6 Å². The standard InChI is InChI=1S/C31H52O4Si/c1-28(2,3)19-27(35-36(6)7)34-23-10-14-29(4)21(18-23)8-9-24-25(29)11-15-30(5)26(24)12-16-31(30,32)22-13-17-33-20-22/h13,17,20-21,23-27,32,36H,8-12,14-16,18-19H2,1-7H3/t21-,23+,24-,25+,26+,27?,29+,30+,31-/m1/s1. The van der Waals surface area contributed by atoms with Crippen LogP contribution in [0.1, 0.15) is 104 Å². The van der Waals surface area contributed by atoms with Gasteiger partial charge >= 0.3 is 0 Å². The van der Waals surface area contributed by atoms with E-state index >= 15 is 0 Å². The van der Waals surface area contributed by atoms with E-state index < -0.39 is 14.6 Å². The zero-order chi connectivity index (χ0) is 25.9. The minimum atomic E-state index is -1.15. The Balaban J connectivity index is 1.28. The average molecular weight is 517 g/mol. The van der Waals surface area contributed by atoms with Gasteiger partial charge in [0, 0.05) is 17.4 Å². The highest BCUT2D eigenvalue weighted by Crippen LogP contribution is 2.70. The fourth-order valence-electron chi connectivity index (χ4n) is 9.48. The van der Waals surface area contributed by atoms with Gasteiger partial charge in [-0.05, 0) is 111 Å². The van der Waals surface area contributed by atoms with Crippen LogP contribution in [0.4, 0.5) is 0 Å². The van der Waals surface area contributed by atoms with Crippen LogP contribution in [0.15, 0.2) is 23.0 Å². The molecule has 36 heavy (non-hydrogen) atoms. The largest absolute Gasteiger partial charge is 0.472 e. The van der Waals surface area contributed by atoms with Crippen LogP contribution in [0, 0.1) is 39.9 Å². The molecule has 1 aromatic heterocycles. The molecule has 1 aromatic rings. The highest BCUT2D eigenvalue weighted by atomic mass is 28.3. The van der Waals surface area contributed by atoms with Gasteiger partial charge in [0.05, 0.1) is 24.2 Å². The molecule has 0 bridgehead atoms. The summed E-state index contributed by atoms with van der Waals surface area (Å²) in [5, 5.41) is 12.0. The maximum atomic E-state index is 12.0. The normalized spacial score (nSPS) is 43.6. The summed E-state index contributed by atoms with van der Waals surface area (Å²) in [6.07, 6.45) is 15.5. The van der Waals surface area contributed by atoms with E-state index in [1.165, 1.54) is 38.5 Å². The number of fused-ring (bicyclic) bond motifs is 5. The topological polar surface area (TPSA) is 51.8 Å². The van der Waals surface area contributed by atoms with Crippen molar-refractivity contribution in [3.8, 4) is 0 Å². The molecular weight excluding hydrogens is 464 g/mol. The van der Waals surface area contributed by atoms with Gasteiger partial charge in [0.25, 0.3) is 0 Å². The molecule has 0 aliphatic heterocycles. The van der Waals surface area contributed by atoms with Gasteiger partial charge in [-0.25, -0.2) is 0 Å². The van der Waals surface area contributed by atoms with Crippen LogP contribution in [0.25, 0.3) is 0 Å². The van der Waals surface area contributed by atoms with Crippen molar-refractivity contribution in [2.45, 2.75) is 130 Å². The molecule has 1 unspecified atom stereocenters. The third kappa shape index (κ3) is 4.58. The number of hydrogen-bond donors (Lipinski definition) is 1. The molecule has 1 heterocycles. The van der Waals surface area contributed by atoms with Crippen LogP contribution in [0.5, 0.6) is 0 Å². The fourth-order valence-corrected chi connectivity index (χ4v) is 10.2. The Kier molecular flexibility index (Phi) is 7.14. The van der Waals surface area contributed by atoms with Crippen molar-refractivity contribution in [3.63, 3.8) is 0 Å². The molecule has 0 amide bonds. The predicted octanol–water partition coefficient (Wildman–Crippen LogP) is 7.66. The molecular formula is C31H52O4Si. The number of ether oxygens (including phenoxy) is 1. The Bertz CT molecular complexity index is 893. The molecule has 4 aliphatic rings. The van der Waals surface area contributed by atoms with Gasteiger partial charge in [-0.3, -0.25) is 0 Å². The van der Waals surface area contributed by atoms with E-state index in [1.807, 2.05) is 6.07 Å². The SMILES string of the molecule is C[SiH](C)OC(CC(C)(C)C)O[C@H]1CC[C@@]2(C)[C@H](CC[C@@H]3[C@@H]2CC[C@@]2(C)[C@H]3CC[C@@]2(O)c2ccoc2)C1. The molecule has 5 heteroatoms.